The van der Waals surface area contributed by atoms with Crippen LogP contribution in [-0.2, 0) is 14.6 Å². The van der Waals surface area contributed by atoms with Gasteiger partial charge in [0.1, 0.15) is 6.10 Å². The van der Waals surface area contributed by atoms with Gasteiger partial charge in [-0.3, -0.25) is 0 Å². The average Bonchev–Trinajstić information content (AvgIpc) is 1.87. The van der Waals surface area contributed by atoms with Crippen molar-refractivity contribution in [3.8, 4) is 0 Å². The van der Waals surface area contributed by atoms with Crippen LogP contribution in [-0.4, -0.2) is 22.8 Å². The van der Waals surface area contributed by atoms with Crippen LogP contribution >= 0.6 is 0 Å². The molecule has 64 valence electrons. The molecular formula is C7H12O4. The first-order valence-corrected chi connectivity index (χ1v) is 3.75. The molecule has 0 aromatic heterocycles. The van der Waals surface area contributed by atoms with Gasteiger partial charge in [-0.15, -0.1) is 0 Å². The maximum atomic E-state index is 10.7. The van der Waals surface area contributed by atoms with E-state index in [-0.39, 0.29) is 6.10 Å². The lowest BCUT2D eigenvalue weighted by Crippen LogP contribution is -2.60. The molecule has 1 aliphatic rings. The minimum atomic E-state index is -1.07. The lowest BCUT2D eigenvalue weighted by Gasteiger charge is -2.42. The second-order valence-corrected chi connectivity index (χ2v) is 2.62. The van der Waals surface area contributed by atoms with Crippen LogP contribution in [0.15, 0.2) is 0 Å². The van der Waals surface area contributed by atoms with Crippen molar-refractivity contribution in [3.63, 3.8) is 0 Å². The third-order valence-electron chi connectivity index (χ3n) is 2.09. The molecule has 4 heteroatoms. The Hall–Kier alpha value is -0.610. The van der Waals surface area contributed by atoms with Crippen LogP contribution in [0.2, 0.25) is 0 Å². The molecule has 0 aromatic rings. The Labute approximate surface area is 65.0 Å². The average molecular weight is 160 g/mol. The molecule has 0 aromatic carbocycles. The predicted molar refractivity (Wildman–Crippen MR) is 36.9 cm³/mol. The summed E-state index contributed by atoms with van der Waals surface area (Å²) in [5, 5.41) is 8.78. The number of carbonyl (C=O) groups is 1. The van der Waals surface area contributed by atoms with Gasteiger partial charge in [-0.2, -0.15) is 0 Å². The van der Waals surface area contributed by atoms with Gasteiger partial charge in [0.25, 0.3) is 0 Å². The lowest BCUT2D eigenvalue weighted by molar-refractivity contribution is -0.497. The van der Waals surface area contributed by atoms with Crippen molar-refractivity contribution in [3.05, 3.63) is 0 Å². The Kier molecular flexibility index (Phi) is 2.15. The number of hydrogen-bond acceptors (Lipinski definition) is 3. The van der Waals surface area contributed by atoms with Crippen LogP contribution in [0.3, 0.4) is 0 Å². The lowest BCUT2D eigenvalue weighted by atomic mass is 9.90. The summed E-state index contributed by atoms with van der Waals surface area (Å²) >= 11 is 0. The second kappa shape index (κ2) is 2.79. The maximum Gasteiger partial charge on any atom is 0.342 e. The molecule has 1 saturated heterocycles. The fourth-order valence-corrected chi connectivity index (χ4v) is 1.24. The number of aliphatic carboxylic acids is 1. The summed E-state index contributed by atoms with van der Waals surface area (Å²) < 4.78 is 0. The normalized spacial score (nSPS) is 36.4. The highest BCUT2D eigenvalue weighted by molar-refractivity contribution is 5.78. The van der Waals surface area contributed by atoms with Crippen molar-refractivity contribution in [1.29, 1.82) is 0 Å². The standard InChI is InChI=1S/C7H12O4/c1-3-5-7(4-2,6(8)9)11-10-5/h5H,3-4H2,1-2H3,(H,8,9). The van der Waals surface area contributed by atoms with Crippen molar-refractivity contribution in [2.75, 3.05) is 0 Å². The molecule has 4 nitrogen and oxygen atoms in total. The summed E-state index contributed by atoms with van der Waals surface area (Å²) in [5.74, 6) is -0.932. The Bertz CT molecular complexity index is 162. The number of carboxylic acid groups (broad SMARTS) is 1. The quantitative estimate of drug-likeness (QED) is 0.625. The SMILES string of the molecule is CCC1OOC1(CC)C(=O)O. The van der Waals surface area contributed by atoms with Crippen LogP contribution < -0.4 is 0 Å². The second-order valence-electron chi connectivity index (χ2n) is 2.62. The van der Waals surface area contributed by atoms with Crippen molar-refractivity contribution in [2.45, 2.75) is 38.4 Å². The van der Waals surface area contributed by atoms with Crippen LogP contribution in [0.5, 0.6) is 0 Å². The van der Waals surface area contributed by atoms with Gasteiger partial charge in [0, 0.05) is 0 Å². The highest BCUT2D eigenvalue weighted by Crippen LogP contribution is 2.35. The van der Waals surface area contributed by atoms with E-state index in [1.165, 1.54) is 0 Å². The van der Waals surface area contributed by atoms with Crippen LogP contribution in [0, 0.1) is 0 Å². The molecule has 1 heterocycles. The third kappa shape index (κ3) is 1.02. The molecule has 0 radical (unpaired) electrons. The van der Waals surface area contributed by atoms with Gasteiger partial charge in [0.2, 0.25) is 5.60 Å². The molecule has 0 saturated carbocycles. The molecule has 1 rings (SSSR count). The summed E-state index contributed by atoms with van der Waals surface area (Å²) in [4.78, 5) is 20.0. The number of carboxylic acids is 1. The van der Waals surface area contributed by atoms with Gasteiger partial charge in [0.05, 0.1) is 0 Å². The molecule has 0 bridgehead atoms. The summed E-state index contributed by atoms with van der Waals surface area (Å²) in [6, 6.07) is 0. The molecule has 0 aliphatic carbocycles. The molecule has 2 unspecified atom stereocenters. The molecule has 2 atom stereocenters. The molecule has 0 amide bonds. The fraction of sp³-hybridized carbons (Fsp3) is 0.857. The minimum absolute atomic E-state index is 0.287. The monoisotopic (exact) mass is 160 g/mol. The first kappa shape index (κ1) is 8.49. The van der Waals surface area contributed by atoms with Crippen LogP contribution in [0.4, 0.5) is 0 Å². The van der Waals surface area contributed by atoms with Crippen LogP contribution in [0.1, 0.15) is 26.7 Å². The zero-order valence-electron chi connectivity index (χ0n) is 6.66. The predicted octanol–water partition coefficient (Wildman–Crippen LogP) is 0.960. The van der Waals surface area contributed by atoms with Gasteiger partial charge in [-0.05, 0) is 12.8 Å². The third-order valence-corrected chi connectivity index (χ3v) is 2.09. The van der Waals surface area contributed by atoms with Gasteiger partial charge >= 0.3 is 5.97 Å². The van der Waals surface area contributed by atoms with Crippen molar-refractivity contribution in [1.82, 2.24) is 0 Å². The molecule has 1 aliphatic heterocycles. The number of hydrogen-bond donors (Lipinski definition) is 1. The van der Waals surface area contributed by atoms with Crippen molar-refractivity contribution >= 4 is 5.97 Å². The molecule has 0 spiro atoms. The van der Waals surface area contributed by atoms with E-state index in [0.29, 0.717) is 12.8 Å². The first-order chi connectivity index (χ1) is 5.17. The zero-order chi connectivity index (χ0) is 8.48. The Morgan fingerprint density at radius 2 is 2.27 bits per heavy atom. The summed E-state index contributed by atoms with van der Waals surface area (Å²) in [7, 11) is 0. The highest BCUT2D eigenvalue weighted by atomic mass is 17.3. The van der Waals surface area contributed by atoms with E-state index in [2.05, 4.69) is 9.78 Å². The van der Waals surface area contributed by atoms with E-state index in [1.54, 1.807) is 6.92 Å². The van der Waals surface area contributed by atoms with E-state index in [9.17, 15) is 4.79 Å². The smallest absolute Gasteiger partial charge is 0.342 e. The molecule has 11 heavy (non-hydrogen) atoms. The number of rotatable bonds is 3. The highest BCUT2D eigenvalue weighted by Gasteiger charge is 2.55. The largest absolute Gasteiger partial charge is 0.479 e. The van der Waals surface area contributed by atoms with Crippen molar-refractivity contribution < 1.29 is 19.7 Å². The zero-order valence-corrected chi connectivity index (χ0v) is 6.66. The first-order valence-electron chi connectivity index (χ1n) is 3.75. The van der Waals surface area contributed by atoms with Gasteiger partial charge in [-0.25, -0.2) is 14.6 Å². The van der Waals surface area contributed by atoms with Crippen molar-refractivity contribution in [2.24, 2.45) is 0 Å². The van der Waals surface area contributed by atoms with Gasteiger partial charge < -0.3 is 5.11 Å². The Morgan fingerprint density at radius 1 is 1.64 bits per heavy atom. The summed E-state index contributed by atoms with van der Waals surface area (Å²) in [5.41, 5.74) is -1.07. The van der Waals surface area contributed by atoms with Gasteiger partial charge in [0.15, 0.2) is 0 Å². The van der Waals surface area contributed by atoms with E-state index in [0.717, 1.165) is 0 Å². The molecule has 1 fully saturated rings. The van der Waals surface area contributed by atoms with Crippen LogP contribution in [0.25, 0.3) is 0 Å². The maximum absolute atomic E-state index is 10.7. The topological polar surface area (TPSA) is 55.8 Å². The Morgan fingerprint density at radius 3 is 2.36 bits per heavy atom. The summed E-state index contributed by atoms with van der Waals surface area (Å²) in [6.07, 6.45) is 0.825. The van der Waals surface area contributed by atoms with E-state index >= 15 is 0 Å². The Balaban J connectivity index is 2.69. The van der Waals surface area contributed by atoms with E-state index in [1.807, 2.05) is 6.92 Å². The van der Waals surface area contributed by atoms with E-state index < -0.39 is 11.6 Å². The minimum Gasteiger partial charge on any atom is -0.479 e. The molecule has 1 N–H and O–H groups in total. The fourth-order valence-electron chi connectivity index (χ4n) is 1.24. The summed E-state index contributed by atoms with van der Waals surface area (Å²) in [6.45, 7) is 3.65. The molecular weight excluding hydrogens is 148 g/mol. The van der Waals surface area contributed by atoms with E-state index in [4.69, 9.17) is 5.11 Å². The van der Waals surface area contributed by atoms with Gasteiger partial charge in [-0.1, -0.05) is 13.8 Å².